The highest BCUT2D eigenvalue weighted by molar-refractivity contribution is 9.10. The van der Waals surface area contributed by atoms with E-state index in [9.17, 15) is 4.79 Å². The van der Waals surface area contributed by atoms with E-state index in [-0.39, 0.29) is 13.0 Å². The van der Waals surface area contributed by atoms with E-state index in [4.69, 9.17) is 9.51 Å². The summed E-state index contributed by atoms with van der Waals surface area (Å²) in [6.45, 7) is 1.81. The fourth-order valence-electron chi connectivity index (χ4n) is 3.18. The van der Waals surface area contributed by atoms with Crippen LogP contribution in [0.3, 0.4) is 0 Å². The molecule has 0 amide bonds. The molecular formula is C22H17BrN6O2. The molecule has 0 atom stereocenters. The van der Waals surface area contributed by atoms with Crippen LogP contribution >= 0.6 is 15.9 Å². The quantitative estimate of drug-likeness (QED) is 0.252. The molecule has 0 aliphatic rings. The molecule has 0 fully saturated rings. The molecule has 4 heterocycles. The summed E-state index contributed by atoms with van der Waals surface area (Å²) in [6, 6.07) is 7.45. The van der Waals surface area contributed by atoms with Gasteiger partial charge >= 0.3 is 0 Å². The van der Waals surface area contributed by atoms with Gasteiger partial charge in [-0.25, -0.2) is 9.97 Å². The number of pyridine rings is 2. The summed E-state index contributed by atoms with van der Waals surface area (Å²) in [5.74, 6) is 7.81. The van der Waals surface area contributed by atoms with Crippen LogP contribution in [0.1, 0.15) is 24.4 Å². The molecule has 0 spiro atoms. The van der Waals surface area contributed by atoms with Crippen molar-refractivity contribution >= 4 is 49.2 Å². The van der Waals surface area contributed by atoms with Crippen LogP contribution in [-0.4, -0.2) is 25.1 Å². The third-order valence-corrected chi connectivity index (χ3v) is 4.99. The van der Waals surface area contributed by atoms with Crippen LogP contribution in [0.4, 0.5) is 11.6 Å². The number of aromatic nitrogens is 5. The third kappa shape index (κ3) is 3.81. The molecule has 1 aromatic carbocycles. The number of fused-ring (bicyclic) bond motifs is 3. The molecule has 8 nitrogen and oxygen atoms in total. The lowest BCUT2D eigenvalue weighted by Gasteiger charge is -2.11. The molecule has 0 saturated heterocycles. The number of benzene rings is 1. The van der Waals surface area contributed by atoms with Crippen LogP contribution in [0, 0.1) is 18.8 Å². The summed E-state index contributed by atoms with van der Waals surface area (Å²) in [5.41, 5.74) is 1.49. The van der Waals surface area contributed by atoms with Crippen LogP contribution in [-0.2, 0) is 0 Å². The molecule has 4 aromatic heterocycles. The maximum absolute atomic E-state index is 12.7. The molecule has 5 aromatic rings. The van der Waals surface area contributed by atoms with E-state index >= 15 is 0 Å². The van der Waals surface area contributed by atoms with Gasteiger partial charge in [-0.15, -0.1) is 0 Å². The monoisotopic (exact) mass is 476 g/mol. The number of hydrogen-bond acceptors (Lipinski definition) is 6. The Balaban J connectivity index is 0.00000231. The average Bonchev–Trinajstić information content (AvgIpc) is 3.39. The van der Waals surface area contributed by atoms with Crippen molar-refractivity contribution in [3.8, 4) is 11.8 Å². The minimum Gasteiger partial charge on any atom is -0.360 e. The number of nitrogens with zero attached hydrogens (tertiary/aromatic N) is 3. The molecule has 31 heavy (non-hydrogen) atoms. The molecule has 0 bridgehead atoms. The first-order valence-corrected chi connectivity index (χ1v) is 9.73. The Kier molecular flexibility index (Phi) is 5.31. The van der Waals surface area contributed by atoms with Crippen LogP contribution in [0.15, 0.2) is 56.8 Å². The summed E-state index contributed by atoms with van der Waals surface area (Å²) in [4.78, 5) is 27.1. The van der Waals surface area contributed by atoms with Crippen LogP contribution < -0.4 is 10.9 Å². The Bertz CT molecular complexity index is 1520. The van der Waals surface area contributed by atoms with Gasteiger partial charge in [0.25, 0.3) is 5.56 Å². The van der Waals surface area contributed by atoms with E-state index in [0.29, 0.717) is 39.6 Å². The Morgan fingerprint density at radius 3 is 2.77 bits per heavy atom. The van der Waals surface area contributed by atoms with Gasteiger partial charge in [-0.05, 0) is 31.0 Å². The summed E-state index contributed by atoms with van der Waals surface area (Å²) in [7, 11) is 0. The van der Waals surface area contributed by atoms with Crippen LogP contribution in [0.5, 0.6) is 0 Å². The van der Waals surface area contributed by atoms with Gasteiger partial charge in [0.15, 0.2) is 5.82 Å². The van der Waals surface area contributed by atoms with E-state index < -0.39 is 0 Å². The second-order valence-corrected chi connectivity index (χ2v) is 7.48. The van der Waals surface area contributed by atoms with Crippen LogP contribution in [0.2, 0.25) is 0 Å². The predicted molar refractivity (Wildman–Crippen MR) is 123 cm³/mol. The van der Waals surface area contributed by atoms with E-state index in [0.717, 1.165) is 15.2 Å². The van der Waals surface area contributed by atoms with Crippen LogP contribution in [0.25, 0.3) is 21.7 Å². The van der Waals surface area contributed by atoms with Crippen molar-refractivity contribution < 1.29 is 4.52 Å². The van der Waals surface area contributed by atoms with E-state index in [2.05, 4.69) is 53.2 Å². The maximum atomic E-state index is 12.7. The highest BCUT2D eigenvalue weighted by Gasteiger charge is 2.15. The van der Waals surface area contributed by atoms with Gasteiger partial charge in [-0.3, -0.25) is 4.79 Å². The van der Waals surface area contributed by atoms with Gasteiger partial charge in [0.05, 0.1) is 29.0 Å². The normalized spacial score (nSPS) is 10.5. The molecule has 0 saturated carbocycles. The first-order valence-electron chi connectivity index (χ1n) is 8.94. The number of H-pyrrole nitrogens is 2. The van der Waals surface area contributed by atoms with Crippen molar-refractivity contribution in [1.82, 2.24) is 25.1 Å². The number of halogens is 1. The van der Waals surface area contributed by atoms with Gasteiger partial charge in [0, 0.05) is 27.5 Å². The largest absolute Gasteiger partial charge is 0.360 e. The number of aromatic amines is 2. The van der Waals surface area contributed by atoms with Crippen molar-refractivity contribution in [1.29, 1.82) is 0 Å². The number of nitrogens with one attached hydrogen (secondary N) is 3. The summed E-state index contributed by atoms with van der Waals surface area (Å²) in [5, 5.41) is 9.15. The fraction of sp³-hybridized carbons (Fsp3) is 0.0909. The molecule has 154 valence electrons. The van der Waals surface area contributed by atoms with Gasteiger partial charge in [0.1, 0.15) is 17.3 Å². The Morgan fingerprint density at radius 1 is 1.16 bits per heavy atom. The Labute approximate surface area is 185 Å². The lowest BCUT2D eigenvalue weighted by Crippen LogP contribution is -2.09. The lowest BCUT2D eigenvalue weighted by molar-refractivity contribution is 0.400. The summed E-state index contributed by atoms with van der Waals surface area (Å²) >= 11 is 3.49. The number of rotatable bonds is 2. The van der Waals surface area contributed by atoms with Crippen molar-refractivity contribution in [2.75, 3.05) is 5.32 Å². The van der Waals surface area contributed by atoms with Gasteiger partial charge in [-0.1, -0.05) is 34.4 Å². The molecule has 9 heteroatoms. The first kappa shape index (κ1) is 20.4. The number of hydrogen-bond donors (Lipinski definition) is 3. The number of anilines is 2. The highest BCUT2D eigenvalue weighted by Crippen LogP contribution is 2.32. The topological polar surface area (TPSA) is 112 Å². The second-order valence-electron chi connectivity index (χ2n) is 6.57. The maximum Gasteiger partial charge on any atom is 0.258 e. The number of aryl methyl sites for hydroxylation is 1. The molecule has 0 aliphatic carbocycles. The summed E-state index contributed by atoms with van der Waals surface area (Å²) < 4.78 is 5.99. The zero-order chi connectivity index (χ0) is 20.7. The molecule has 0 aliphatic heterocycles. The smallest absolute Gasteiger partial charge is 0.258 e. The standard InChI is InChI=1S/C21H13BrN6O2.CH4/c1-11-6-17(28-30-11)26-20-15-5-3-13(22)7-16(15)18-19(27-20)12(8-24-21(18)29)2-4-14-9-23-10-25-14;/h3,5-10H,1H3,(H,23,25)(H,24,29)(H,26,27,28);1H4. The van der Waals surface area contributed by atoms with E-state index in [1.807, 2.05) is 25.1 Å². The molecule has 0 unspecified atom stereocenters. The van der Waals surface area contributed by atoms with Gasteiger partial charge in [-0.2, -0.15) is 0 Å². The Morgan fingerprint density at radius 2 is 2.03 bits per heavy atom. The molecule has 3 N–H and O–H groups in total. The van der Waals surface area contributed by atoms with Gasteiger partial charge in [0.2, 0.25) is 0 Å². The number of imidazole rings is 1. The second kappa shape index (κ2) is 8.08. The van der Waals surface area contributed by atoms with E-state index in [1.165, 1.54) is 0 Å². The molecule has 5 rings (SSSR count). The Hall–Kier alpha value is -3.90. The lowest BCUT2D eigenvalue weighted by atomic mass is 10.0. The minimum absolute atomic E-state index is 0. The van der Waals surface area contributed by atoms with Crippen molar-refractivity contribution in [3.05, 3.63) is 74.8 Å². The first-order chi connectivity index (χ1) is 14.6. The highest BCUT2D eigenvalue weighted by atomic mass is 79.9. The average molecular weight is 477 g/mol. The molecular weight excluding hydrogens is 460 g/mol. The fourth-order valence-corrected chi connectivity index (χ4v) is 3.55. The van der Waals surface area contributed by atoms with Crippen molar-refractivity contribution in [3.63, 3.8) is 0 Å². The SMILES string of the molecule is C.Cc1cc(Nc2nc3c(C#Cc4cnc[nH]4)c[nH]c(=O)c3c3cc(Br)ccc23)no1. The zero-order valence-electron chi connectivity index (χ0n) is 15.6. The predicted octanol–water partition coefficient (Wildman–Crippen LogP) is 4.64. The van der Waals surface area contributed by atoms with Crippen molar-refractivity contribution in [2.45, 2.75) is 14.4 Å². The zero-order valence-corrected chi connectivity index (χ0v) is 17.2. The minimum atomic E-state index is -0.239. The van der Waals surface area contributed by atoms with Crippen molar-refractivity contribution in [2.24, 2.45) is 0 Å². The molecule has 0 radical (unpaired) electrons. The third-order valence-electron chi connectivity index (χ3n) is 4.50. The van der Waals surface area contributed by atoms with E-state index in [1.54, 1.807) is 24.8 Å². The van der Waals surface area contributed by atoms with Gasteiger partial charge < -0.3 is 19.8 Å². The summed E-state index contributed by atoms with van der Waals surface area (Å²) in [6.07, 6.45) is 4.75.